The van der Waals surface area contributed by atoms with Crippen LogP contribution in [0.2, 0.25) is 19.4 Å². The minimum atomic E-state index is -2.38. The standard InChI is InChI=1S/C8H17NO3SSi.3C2H5.Sn/c13-7-8-14-10-4-1-9(2-5-11-14)3-6-12-14;3*1-2;/h13H,1-8H2;3*1H2,2H3;/q;;;;+1/p-1. The second kappa shape index (κ2) is 8.89. The first kappa shape index (κ1) is 18.5. The van der Waals surface area contributed by atoms with Crippen LogP contribution in [0.1, 0.15) is 20.8 Å². The Labute approximate surface area is 138 Å². The van der Waals surface area contributed by atoms with Gasteiger partial charge in [-0.25, -0.2) is 0 Å². The normalized spacial score (nSPS) is 30.7. The van der Waals surface area contributed by atoms with E-state index in [0.29, 0.717) is 0 Å². The van der Waals surface area contributed by atoms with Gasteiger partial charge in [-0.3, -0.25) is 0 Å². The van der Waals surface area contributed by atoms with Gasteiger partial charge >= 0.3 is 138 Å². The van der Waals surface area contributed by atoms with Crippen molar-refractivity contribution in [3.63, 3.8) is 0 Å². The molecule has 4 nitrogen and oxygen atoms in total. The number of hydrogen-bond donors (Lipinski definition) is 0. The van der Waals surface area contributed by atoms with E-state index in [2.05, 4.69) is 34.6 Å². The molecule has 124 valence electrons. The van der Waals surface area contributed by atoms with E-state index in [4.69, 9.17) is 13.3 Å². The Kier molecular flexibility index (Phi) is 7.85. The van der Waals surface area contributed by atoms with Crippen LogP contribution < -0.4 is 0 Å². The van der Waals surface area contributed by atoms with Gasteiger partial charge in [0.15, 0.2) is 0 Å². The number of nitrogens with zero attached hydrogens (tertiary/aromatic N) is 1. The quantitative estimate of drug-likeness (QED) is 0.569. The molecule has 0 radical (unpaired) electrons. The Hall–Kier alpha value is 1.21. The molecule has 3 aliphatic rings. The molecule has 0 aromatic carbocycles. The summed E-state index contributed by atoms with van der Waals surface area (Å²) in [5.74, 6) is 1.18. The van der Waals surface area contributed by atoms with Crippen LogP contribution >= 0.6 is 8.95 Å². The van der Waals surface area contributed by atoms with Gasteiger partial charge in [0, 0.05) is 0 Å². The Morgan fingerprint density at radius 2 is 1.38 bits per heavy atom. The van der Waals surface area contributed by atoms with Gasteiger partial charge in [-0.1, -0.05) is 0 Å². The van der Waals surface area contributed by atoms with Crippen LogP contribution in [0.5, 0.6) is 0 Å². The van der Waals surface area contributed by atoms with Gasteiger partial charge in [-0.05, 0) is 0 Å². The number of fused-ring (bicyclic) bond motifs is 6. The average Bonchev–Trinajstić information content (AvgIpc) is 2.45. The van der Waals surface area contributed by atoms with Gasteiger partial charge in [0.25, 0.3) is 0 Å². The number of rotatable bonds is 7. The van der Waals surface area contributed by atoms with Crippen molar-refractivity contribution in [3.05, 3.63) is 0 Å². The van der Waals surface area contributed by atoms with Gasteiger partial charge in [-0.2, -0.15) is 0 Å². The van der Waals surface area contributed by atoms with E-state index in [1.54, 1.807) is 0 Å². The summed E-state index contributed by atoms with van der Waals surface area (Å²) < 4.78 is 22.7. The van der Waals surface area contributed by atoms with E-state index >= 15 is 0 Å². The van der Waals surface area contributed by atoms with Crippen molar-refractivity contribution in [2.75, 3.05) is 45.2 Å². The second-order valence-electron chi connectivity index (χ2n) is 5.91. The fourth-order valence-corrected chi connectivity index (χ4v) is 23.3. The summed E-state index contributed by atoms with van der Waals surface area (Å²) in [6, 6.07) is 1.01. The van der Waals surface area contributed by atoms with Crippen LogP contribution in [-0.4, -0.2) is 75.9 Å². The molecule has 3 fully saturated rings. The summed E-state index contributed by atoms with van der Waals surface area (Å²) in [7, 11) is -0.0731. The van der Waals surface area contributed by atoms with Crippen LogP contribution in [0.15, 0.2) is 0 Å². The average molecular weight is 440 g/mol. The molecule has 0 aromatic heterocycles. The van der Waals surface area contributed by atoms with Gasteiger partial charge in [0.1, 0.15) is 0 Å². The van der Waals surface area contributed by atoms with E-state index in [-0.39, 0.29) is 0 Å². The van der Waals surface area contributed by atoms with Crippen LogP contribution in [-0.2, 0) is 13.3 Å². The third-order valence-corrected chi connectivity index (χ3v) is 32.9. The van der Waals surface area contributed by atoms with Crippen LogP contribution in [0.3, 0.4) is 0 Å². The fraction of sp³-hybridized carbons (Fsp3) is 1.00. The molecular weight excluding hydrogens is 409 g/mol. The van der Waals surface area contributed by atoms with Crippen molar-refractivity contribution in [1.29, 1.82) is 0 Å². The van der Waals surface area contributed by atoms with E-state index in [0.717, 1.165) is 45.5 Å². The Morgan fingerprint density at radius 1 is 0.905 bits per heavy atom. The maximum atomic E-state index is 6.12. The summed E-state index contributed by atoms with van der Waals surface area (Å²) in [6.07, 6.45) is 0. The fourth-order valence-electron chi connectivity index (χ4n) is 3.12. The molecule has 3 saturated heterocycles. The second-order valence-corrected chi connectivity index (χ2v) is 30.4. The molecule has 3 aliphatic heterocycles. The maximum absolute atomic E-state index is 6.12. The molecule has 0 amide bonds. The van der Waals surface area contributed by atoms with E-state index in [9.17, 15) is 0 Å². The summed E-state index contributed by atoms with van der Waals surface area (Å²) in [5, 5.41) is 0. The Morgan fingerprint density at radius 3 is 1.81 bits per heavy atom. The molecule has 0 aliphatic carbocycles. The third-order valence-electron chi connectivity index (χ3n) is 4.94. The van der Waals surface area contributed by atoms with Crippen molar-refractivity contribution < 1.29 is 13.3 Å². The molecule has 0 atom stereocenters. The molecule has 0 aromatic rings. The molecule has 0 N–H and O–H groups in total. The predicted octanol–water partition coefficient (Wildman–Crippen LogP) is 3.04. The first-order valence-electron chi connectivity index (χ1n) is 8.46. The topological polar surface area (TPSA) is 30.9 Å². The first-order chi connectivity index (χ1) is 10.2. The first-order valence-corrected chi connectivity index (χ1v) is 20.9. The van der Waals surface area contributed by atoms with Crippen molar-refractivity contribution >= 4 is 34.7 Å². The molecule has 2 bridgehead atoms. The van der Waals surface area contributed by atoms with E-state index in [1.807, 2.05) is 0 Å². The van der Waals surface area contributed by atoms with Gasteiger partial charge in [0.2, 0.25) is 0 Å². The summed E-state index contributed by atoms with van der Waals surface area (Å²) in [4.78, 5) is 2.37. The molecule has 7 heteroatoms. The summed E-state index contributed by atoms with van der Waals surface area (Å²) >= 11 is -1.89. The zero-order valence-electron chi connectivity index (χ0n) is 13.9. The molecular formula is C14H31NO3SSiSn. The SMILES string of the molecule is C[CH2][Sn]([CH2]C)([CH2]C)[S]CC[Si]12OCCN(CCO1)CCO2. The van der Waals surface area contributed by atoms with Crippen molar-refractivity contribution in [3.8, 4) is 0 Å². The summed E-state index contributed by atoms with van der Waals surface area (Å²) in [6.45, 7) is 12.6. The molecule has 0 unspecified atom stereocenters. The van der Waals surface area contributed by atoms with Crippen LogP contribution in [0.25, 0.3) is 0 Å². The molecule has 21 heavy (non-hydrogen) atoms. The van der Waals surface area contributed by atoms with Crippen LogP contribution in [0.4, 0.5) is 0 Å². The van der Waals surface area contributed by atoms with Crippen molar-refractivity contribution in [2.45, 2.75) is 40.1 Å². The van der Waals surface area contributed by atoms with Crippen LogP contribution in [0, 0.1) is 0 Å². The Bertz CT molecular complexity index is 286. The van der Waals surface area contributed by atoms with Crippen molar-refractivity contribution in [1.82, 2.24) is 4.90 Å². The van der Waals surface area contributed by atoms with Crippen molar-refractivity contribution in [2.24, 2.45) is 0 Å². The Balaban J connectivity index is 1.90. The minimum absolute atomic E-state index is 0.778. The third kappa shape index (κ3) is 5.09. The van der Waals surface area contributed by atoms with Gasteiger partial charge in [0.05, 0.1) is 0 Å². The molecule has 3 heterocycles. The monoisotopic (exact) mass is 441 g/mol. The molecule has 0 saturated carbocycles. The predicted molar refractivity (Wildman–Crippen MR) is 94.5 cm³/mol. The summed E-state index contributed by atoms with van der Waals surface area (Å²) in [5.41, 5.74) is 0. The zero-order valence-corrected chi connectivity index (χ0v) is 18.5. The number of hydrogen-bond acceptors (Lipinski definition) is 5. The van der Waals surface area contributed by atoms with Gasteiger partial charge in [-0.15, -0.1) is 0 Å². The molecule has 0 spiro atoms. The molecule has 3 rings (SSSR count). The van der Waals surface area contributed by atoms with Gasteiger partial charge < -0.3 is 0 Å². The zero-order chi connectivity index (χ0) is 15.2. The van der Waals surface area contributed by atoms with E-state index < -0.39 is 25.8 Å². The van der Waals surface area contributed by atoms with E-state index in [1.165, 1.54) is 19.1 Å².